The highest BCUT2D eigenvalue weighted by Crippen LogP contribution is 2.34. The quantitative estimate of drug-likeness (QED) is 0.478. The second kappa shape index (κ2) is 7.92. The van der Waals surface area contributed by atoms with Crippen molar-refractivity contribution >= 4 is 17.3 Å². The SMILES string of the molecule is CN=C(NCCOc1ccc2c(c1)OCO2)NCc1sccc1C. The molecule has 2 N–H and O–H groups in total. The molecule has 1 aliphatic heterocycles. The Bertz CT molecular complexity index is 715. The number of nitrogens with zero attached hydrogens (tertiary/aromatic N) is 1. The maximum Gasteiger partial charge on any atom is 0.231 e. The summed E-state index contributed by atoms with van der Waals surface area (Å²) in [6.45, 7) is 4.33. The van der Waals surface area contributed by atoms with E-state index >= 15 is 0 Å². The van der Waals surface area contributed by atoms with Crippen LogP contribution in [0.2, 0.25) is 0 Å². The first-order valence-electron chi connectivity index (χ1n) is 7.76. The second-order valence-corrected chi connectivity index (χ2v) is 6.24. The lowest BCUT2D eigenvalue weighted by molar-refractivity contribution is 0.173. The number of nitrogens with one attached hydrogen (secondary N) is 2. The van der Waals surface area contributed by atoms with Crippen LogP contribution in [0.4, 0.5) is 0 Å². The number of thiophene rings is 1. The molecule has 1 aromatic heterocycles. The molecule has 128 valence electrons. The van der Waals surface area contributed by atoms with Gasteiger partial charge in [-0.3, -0.25) is 4.99 Å². The molecule has 0 bridgehead atoms. The summed E-state index contributed by atoms with van der Waals surface area (Å²) in [5.74, 6) is 3.01. The predicted molar refractivity (Wildman–Crippen MR) is 95.3 cm³/mol. The third kappa shape index (κ3) is 4.11. The molecule has 2 aromatic rings. The molecule has 0 spiro atoms. The van der Waals surface area contributed by atoms with Crippen LogP contribution in [0.5, 0.6) is 17.2 Å². The van der Waals surface area contributed by atoms with E-state index in [4.69, 9.17) is 14.2 Å². The van der Waals surface area contributed by atoms with Crippen molar-refractivity contribution in [2.45, 2.75) is 13.5 Å². The van der Waals surface area contributed by atoms with Crippen LogP contribution in [0.1, 0.15) is 10.4 Å². The van der Waals surface area contributed by atoms with Crippen molar-refractivity contribution in [3.8, 4) is 17.2 Å². The van der Waals surface area contributed by atoms with E-state index in [1.807, 2.05) is 18.2 Å². The summed E-state index contributed by atoms with van der Waals surface area (Å²) in [6, 6.07) is 7.70. The first kappa shape index (κ1) is 16.4. The van der Waals surface area contributed by atoms with Gasteiger partial charge in [0.05, 0.1) is 13.1 Å². The van der Waals surface area contributed by atoms with Gasteiger partial charge in [-0.15, -0.1) is 11.3 Å². The van der Waals surface area contributed by atoms with E-state index in [0.717, 1.165) is 29.8 Å². The van der Waals surface area contributed by atoms with Crippen LogP contribution >= 0.6 is 11.3 Å². The summed E-state index contributed by atoms with van der Waals surface area (Å²) in [5.41, 5.74) is 1.30. The molecule has 24 heavy (non-hydrogen) atoms. The standard InChI is InChI=1S/C17H21N3O3S/c1-12-5-8-24-16(12)10-20-17(18-2)19-6-7-21-13-3-4-14-15(9-13)23-11-22-14/h3-5,8-9H,6-7,10-11H2,1-2H3,(H2,18,19,20). The summed E-state index contributed by atoms with van der Waals surface area (Å²) < 4.78 is 16.3. The van der Waals surface area contributed by atoms with Gasteiger partial charge in [-0.2, -0.15) is 0 Å². The molecule has 0 amide bonds. The molecule has 0 saturated heterocycles. The van der Waals surface area contributed by atoms with Crippen LogP contribution in [0.25, 0.3) is 0 Å². The highest BCUT2D eigenvalue weighted by Gasteiger charge is 2.13. The minimum absolute atomic E-state index is 0.270. The number of aryl methyl sites for hydroxylation is 1. The van der Waals surface area contributed by atoms with E-state index in [9.17, 15) is 0 Å². The molecule has 2 heterocycles. The number of hydrogen-bond donors (Lipinski definition) is 2. The van der Waals surface area contributed by atoms with Crippen molar-refractivity contribution in [1.29, 1.82) is 0 Å². The molecular weight excluding hydrogens is 326 g/mol. The van der Waals surface area contributed by atoms with Crippen LogP contribution < -0.4 is 24.8 Å². The summed E-state index contributed by atoms with van der Waals surface area (Å²) in [6.07, 6.45) is 0. The number of aliphatic imine (C=N–C) groups is 1. The predicted octanol–water partition coefficient (Wildman–Crippen LogP) is 2.53. The fourth-order valence-electron chi connectivity index (χ4n) is 2.27. The molecule has 0 saturated carbocycles. The number of guanidine groups is 1. The van der Waals surface area contributed by atoms with Crippen molar-refractivity contribution < 1.29 is 14.2 Å². The van der Waals surface area contributed by atoms with Crippen LogP contribution in [-0.4, -0.2) is 33.0 Å². The molecule has 1 aromatic carbocycles. The summed E-state index contributed by atoms with van der Waals surface area (Å²) in [4.78, 5) is 5.53. The lowest BCUT2D eigenvalue weighted by Crippen LogP contribution is -2.38. The normalized spacial score (nSPS) is 13.0. The van der Waals surface area contributed by atoms with Crippen molar-refractivity contribution in [3.05, 3.63) is 40.1 Å². The third-order valence-electron chi connectivity index (χ3n) is 3.62. The average molecular weight is 347 g/mol. The van der Waals surface area contributed by atoms with Gasteiger partial charge in [0.2, 0.25) is 6.79 Å². The first-order valence-corrected chi connectivity index (χ1v) is 8.64. The molecule has 0 atom stereocenters. The van der Waals surface area contributed by atoms with Crippen LogP contribution in [0.3, 0.4) is 0 Å². The van der Waals surface area contributed by atoms with Gasteiger partial charge in [-0.25, -0.2) is 0 Å². The Morgan fingerprint density at radius 1 is 1.25 bits per heavy atom. The summed E-state index contributed by atoms with van der Waals surface area (Å²) >= 11 is 1.75. The van der Waals surface area contributed by atoms with E-state index in [2.05, 4.69) is 34.0 Å². The van der Waals surface area contributed by atoms with E-state index in [-0.39, 0.29) is 6.79 Å². The monoisotopic (exact) mass is 347 g/mol. The van der Waals surface area contributed by atoms with E-state index in [1.54, 1.807) is 18.4 Å². The fourth-order valence-corrected chi connectivity index (χ4v) is 3.12. The zero-order chi connectivity index (χ0) is 16.8. The first-order chi connectivity index (χ1) is 11.8. The molecule has 3 rings (SSSR count). The Morgan fingerprint density at radius 3 is 2.92 bits per heavy atom. The Balaban J connectivity index is 1.39. The Kier molecular flexibility index (Phi) is 5.43. The Labute approximate surface area is 145 Å². The average Bonchev–Trinajstić information content (AvgIpc) is 3.22. The van der Waals surface area contributed by atoms with E-state index in [0.29, 0.717) is 13.2 Å². The van der Waals surface area contributed by atoms with Crippen molar-refractivity contribution in [2.75, 3.05) is 27.0 Å². The molecule has 0 unspecified atom stereocenters. The molecule has 0 fully saturated rings. The van der Waals surface area contributed by atoms with Gasteiger partial charge in [0.1, 0.15) is 12.4 Å². The highest BCUT2D eigenvalue weighted by atomic mass is 32.1. The smallest absolute Gasteiger partial charge is 0.231 e. The van der Waals surface area contributed by atoms with Gasteiger partial charge < -0.3 is 24.8 Å². The number of fused-ring (bicyclic) bond motifs is 1. The lowest BCUT2D eigenvalue weighted by Gasteiger charge is -2.12. The minimum atomic E-state index is 0.270. The molecule has 7 heteroatoms. The maximum absolute atomic E-state index is 5.72. The van der Waals surface area contributed by atoms with Gasteiger partial charge in [-0.05, 0) is 36.1 Å². The Hall–Kier alpha value is -2.41. The Morgan fingerprint density at radius 2 is 2.12 bits per heavy atom. The lowest BCUT2D eigenvalue weighted by atomic mass is 10.3. The van der Waals surface area contributed by atoms with Crippen molar-refractivity contribution in [1.82, 2.24) is 10.6 Å². The molecule has 0 aliphatic carbocycles. The molecular formula is C17H21N3O3S. The highest BCUT2D eigenvalue weighted by molar-refractivity contribution is 7.10. The fraction of sp³-hybridized carbons (Fsp3) is 0.353. The minimum Gasteiger partial charge on any atom is -0.492 e. The number of benzene rings is 1. The van der Waals surface area contributed by atoms with E-state index in [1.165, 1.54) is 10.4 Å². The number of ether oxygens (including phenoxy) is 3. The molecule has 1 aliphatic rings. The van der Waals surface area contributed by atoms with Gasteiger partial charge in [0, 0.05) is 18.0 Å². The van der Waals surface area contributed by atoms with Gasteiger partial charge in [0.25, 0.3) is 0 Å². The maximum atomic E-state index is 5.72. The third-order valence-corrected chi connectivity index (χ3v) is 4.64. The number of rotatable bonds is 6. The molecule has 6 nitrogen and oxygen atoms in total. The summed E-state index contributed by atoms with van der Waals surface area (Å²) in [5, 5.41) is 8.64. The summed E-state index contributed by atoms with van der Waals surface area (Å²) in [7, 11) is 1.76. The number of hydrogen-bond acceptors (Lipinski definition) is 5. The van der Waals surface area contributed by atoms with Crippen LogP contribution in [-0.2, 0) is 6.54 Å². The van der Waals surface area contributed by atoms with Crippen LogP contribution in [0.15, 0.2) is 34.6 Å². The van der Waals surface area contributed by atoms with Crippen molar-refractivity contribution in [3.63, 3.8) is 0 Å². The van der Waals surface area contributed by atoms with E-state index < -0.39 is 0 Å². The van der Waals surface area contributed by atoms with Crippen LogP contribution in [0, 0.1) is 6.92 Å². The second-order valence-electron chi connectivity index (χ2n) is 5.24. The topological polar surface area (TPSA) is 64.1 Å². The van der Waals surface area contributed by atoms with Gasteiger partial charge >= 0.3 is 0 Å². The van der Waals surface area contributed by atoms with Crippen molar-refractivity contribution in [2.24, 2.45) is 4.99 Å². The zero-order valence-electron chi connectivity index (χ0n) is 13.8. The van der Waals surface area contributed by atoms with Gasteiger partial charge in [0.15, 0.2) is 17.5 Å². The zero-order valence-corrected chi connectivity index (χ0v) is 14.6. The largest absolute Gasteiger partial charge is 0.492 e. The molecule has 0 radical (unpaired) electrons. The van der Waals surface area contributed by atoms with Gasteiger partial charge in [-0.1, -0.05) is 0 Å².